The second-order valence-corrected chi connectivity index (χ2v) is 14.0. The average molecular weight is 745 g/mol. The van der Waals surface area contributed by atoms with Crippen LogP contribution in [0.1, 0.15) is 50.3 Å². The predicted octanol–water partition coefficient (Wildman–Crippen LogP) is 6.62. The highest BCUT2D eigenvalue weighted by Crippen LogP contribution is 2.65. The zero-order valence-electron chi connectivity index (χ0n) is 29.8. The molecule has 4 aromatic rings. The summed E-state index contributed by atoms with van der Waals surface area (Å²) in [4.78, 5) is 72.0. The number of aromatic nitrogens is 3. The van der Waals surface area contributed by atoms with Gasteiger partial charge in [0.15, 0.2) is 5.78 Å². The van der Waals surface area contributed by atoms with E-state index in [0.29, 0.717) is 28.2 Å². The van der Waals surface area contributed by atoms with Crippen molar-refractivity contribution in [2.45, 2.75) is 33.6 Å². The van der Waals surface area contributed by atoms with E-state index in [4.69, 9.17) is 0 Å². The highest BCUT2D eigenvalue weighted by atomic mass is 16.4. The Morgan fingerprint density at radius 1 is 0.600 bits per heavy atom. The van der Waals surface area contributed by atoms with Gasteiger partial charge in [-0.25, -0.2) is 19.2 Å². The Balaban J connectivity index is 1.26. The first-order valence-corrected chi connectivity index (χ1v) is 17.0. The Bertz CT molecular complexity index is 2180. The number of Topliss-reactive ketones (excluding diaryl/α,β-unsaturated/α-hetero) is 1. The van der Waals surface area contributed by atoms with E-state index in [1.807, 2.05) is 30.3 Å². The molecule has 15 heteroatoms. The molecule has 0 radical (unpaired) electrons. The molecule has 55 heavy (non-hydrogen) atoms. The van der Waals surface area contributed by atoms with Crippen molar-refractivity contribution in [1.29, 1.82) is 0 Å². The van der Waals surface area contributed by atoms with Crippen LogP contribution in [0, 0.1) is 16.7 Å². The molecule has 1 heterocycles. The van der Waals surface area contributed by atoms with Gasteiger partial charge in [0, 0.05) is 22.5 Å². The summed E-state index contributed by atoms with van der Waals surface area (Å²) >= 11 is 0. The van der Waals surface area contributed by atoms with E-state index in [0.717, 1.165) is 36.1 Å². The van der Waals surface area contributed by atoms with Crippen molar-refractivity contribution < 1.29 is 44.4 Å². The van der Waals surface area contributed by atoms with E-state index in [9.17, 15) is 44.4 Å². The minimum Gasteiger partial charge on any atom is -0.477 e. The fraction of sp³-hybridized carbons (Fsp3) is 0.200. The Morgan fingerprint density at radius 3 is 1.25 bits per heavy atom. The summed E-state index contributed by atoms with van der Waals surface area (Å²) < 4.78 is 0. The molecule has 2 bridgehead atoms. The molecular weight excluding hydrogens is 708 g/mol. The molecule has 0 aliphatic heterocycles. The van der Waals surface area contributed by atoms with Crippen LogP contribution in [0.15, 0.2) is 89.5 Å². The summed E-state index contributed by atoms with van der Waals surface area (Å²) in [5.74, 6) is -5.52. The van der Waals surface area contributed by atoms with Crippen LogP contribution in [0.4, 0.5) is 34.9 Å². The number of rotatable bonds is 13. The lowest BCUT2D eigenvalue weighted by molar-refractivity contribution is -0.142. The van der Waals surface area contributed by atoms with Gasteiger partial charge in [0.2, 0.25) is 17.8 Å². The van der Waals surface area contributed by atoms with Crippen molar-refractivity contribution >= 4 is 82.8 Å². The topological polar surface area (TPSA) is 241 Å². The lowest BCUT2D eigenvalue weighted by Crippen LogP contribution is -2.32. The van der Waals surface area contributed by atoms with E-state index in [1.165, 1.54) is 24.3 Å². The van der Waals surface area contributed by atoms with E-state index >= 15 is 0 Å². The molecule has 0 amide bonds. The van der Waals surface area contributed by atoms with Crippen LogP contribution < -0.4 is 16.0 Å². The summed E-state index contributed by atoms with van der Waals surface area (Å²) in [7, 11) is 0. The van der Waals surface area contributed by atoms with Crippen LogP contribution >= 0.6 is 0 Å². The number of nitrogens with one attached hydrogen (secondary N) is 3. The third-order valence-electron chi connectivity index (χ3n) is 10.4. The van der Waals surface area contributed by atoms with Crippen molar-refractivity contribution in [2.75, 3.05) is 16.0 Å². The standard InChI is InChI=1S/C40H36N6O9/c1-39(2)30-16-17-40(39,3)31(47)27(30)18-21-4-10-24(11-5-21)41-36-44-37(42-25-12-6-22(7-13-25)19-28(32(48)49)33(50)51)46-38(45-36)43-26-14-8-23(9-15-26)20-29(34(52)53)35(54)55/h4-15,18-20,30H,16-17H2,1-3H3,(H,48,49)(H,50,51)(H,52,53)(H,54,55)(H3,41,42,43,44,45,46). The van der Waals surface area contributed by atoms with Gasteiger partial charge in [-0.2, -0.15) is 15.0 Å². The number of allylic oxidation sites excluding steroid dienone is 1. The van der Waals surface area contributed by atoms with Crippen LogP contribution in [-0.4, -0.2) is 65.0 Å². The molecular formula is C40H36N6O9. The number of hydrogen-bond donors (Lipinski definition) is 7. The van der Waals surface area contributed by atoms with Gasteiger partial charge in [-0.1, -0.05) is 57.2 Å². The molecule has 6 rings (SSSR count). The average Bonchev–Trinajstić information content (AvgIpc) is 3.44. The molecule has 2 atom stereocenters. The molecule has 2 fully saturated rings. The Kier molecular flexibility index (Phi) is 10.0. The molecule has 7 N–H and O–H groups in total. The number of anilines is 6. The Morgan fingerprint density at radius 2 is 0.945 bits per heavy atom. The van der Waals surface area contributed by atoms with Gasteiger partial charge in [-0.15, -0.1) is 0 Å². The summed E-state index contributed by atoms with van der Waals surface area (Å²) in [6, 6.07) is 19.9. The summed E-state index contributed by atoms with van der Waals surface area (Å²) in [5.41, 5.74) is 2.01. The summed E-state index contributed by atoms with van der Waals surface area (Å²) in [6.07, 6.45) is 5.93. The van der Waals surface area contributed by atoms with E-state index in [1.54, 1.807) is 24.3 Å². The monoisotopic (exact) mass is 744 g/mol. The number of hydrogen-bond acceptors (Lipinski definition) is 11. The predicted molar refractivity (Wildman–Crippen MR) is 203 cm³/mol. The maximum Gasteiger partial charge on any atom is 0.343 e. The molecule has 1 aromatic heterocycles. The zero-order valence-corrected chi connectivity index (χ0v) is 29.8. The Labute approximate surface area is 314 Å². The van der Waals surface area contributed by atoms with Gasteiger partial charge >= 0.3 is 23.9 Å². The first-order chi connectivity index (χ1) is 26.0. The van der Waals surface area contributed by atoms with Crippen LogP contribution in [0.5, 0.6) is 0 Å². The number of carboxylic acid groups (broad SMARTS) is 4. The molecule has 2 saturated carbocycles. The molecule has 0 saturated heterocycles. The second-order valence-electron chi connectivity index (χ2n) is 14.0. The summed E-state index contributed by atoms with van der Waals surface area (Å²) in [6.45, 7) is 6.42. The van der Waals surface area contributed by atoms with E-state index in [-0.39, 0.29) is 40.4 Å². The van der Waals surface area contributed by atoms with Crippen LogP contribution in [-0.2, 0) is 24.0 Å². The number of carboxylic acids is 4. The van der Waals surface area contributed by atoms with Crippen LogP contribution in [0.3, 0.4) is 0 Å². The highest BCUT2D eigenvalue weighted by Gasteiger charge is 2.63. The minimum atomic E-state index is -1.57. The van der Waals surface area contributed by atoms with Gasteiger partial charge < -0.3 is 36.4 Å². The molecule has 0 spiro atoms. The lowest BCUT2D eigenvalue weighted by Gasteiger charge is -2.31. The zero-order chi connectivity index (χ0) is 39.7. The number of nitrogens with zero attached hydrogens (tertiary/aromatic N) is 3. The minimum absolute atomic E-state index is 0.0967. The third-order valence-corrected chi connectivity index (χ3v) is 10.4. The SMILES string of the molecule is CC12CCC(C(=Cc3ccc(Nc4nc(Nc5ccc(C=C(C(=O)O)C(=O)O)cc5)nc(Nc5ccc(C=C(C(=O)O)C(=O)O)cc5)n4)cc3)C1=O)C2(C)C. The molecule has 15 nitrogen and oxygen atoms in total. The quantitative estimate of drug-likeness (QED) is 0.0432. The lowest BCUT2D eigenvalue weighted by atomic mass is 9.70. The molecule has 3 aromatic carbocycles. The van der Waals surface area contributed by atoms with Gasteiger partial charge in [0.25, 0.3) is 0 Å². The Hall–Kier alpha value is -7.16. The van der Waals surface area contributed by atoms with Crippen LogP contribution in [0.2, 0.25) is 0 Å². The van der Waals surface area contributed by atoms with Gasteiger partial charge in [-0.3, -0.25) is 4.79 Å². The van der Waals surface area contributed by atoms with Gasteiger partial charge in [0.05, 0.1) is 0 Å². The van der Waals surface area contributed by atoms with E-state index in [2.05, 4.69) is 51.7 Å². The van der Waals surface area contributed by atoms with E-state index < -0.39 is 35.0 Å². The first kappa shape index (κ1) is 37.6. The third kappa shape index (κ3) is 7.81. The number of benzene rings is 3. The number of ketones is 1. The van der Waals surface area contributed by atoms with Crippen molar-refractivity contribution in [3.63, 3.8) is 0 Å². The van der Waals surface area contributed by atoms with Gasteiger partial charge in [0.1, 0.15) is 11.1 Å². The maximum absolute atomic E-state index is 13.4. The van der Waals surface area contributed by atoms with Crippen LogP contribution in [0.25, 0.3) is 18.2 Å². The van der Waals surface area contributed by atoms with Crippen molar-refractivity contribution in [3.8, 4) is 0 Å². The fourth-order valence-corrected chi connectivity index (χ4v) is 6.96. The first-order valence-electron chi connectivity index (χ1n) is 17.0. The van der Waals surface area contributed by atoms with Crippen molar-refractivity contribution in [1.82, 2.24) is 15.0 Å². The van der Waals surface area contributed by atoms with Gasteiger partial charge in [-0.05, 0) is 101 Å². The second kappa shape index (κ2) is 14.7. The summed E-state index contributed by atoms with van der Waals surface area (Å²) in [5, 5.41) is 46.0. The van der Waals surface area contributed by atoms with Crippen molar-refractivity contribution in [3.05, 3.63) is 106 Å². The smallest absolute Gasteiger partial charge is 0.343 e. The largest absolute Gasteiger partial charge is 0.477 e. The fourth-order valence-electron chi connectivity index (χ4n) is 6.96. The number of fused-ring (bicyclic) bond motifs is 2. The molecule has 280 valence electrons. The number of carbonyl (C=O) groups excluding carboxylic acids is 1. The number of aliphatic carboxylic acids is 4. The molecule has 2 aliphatic carbocycles. The normalized spacial score (nSPS) is 18.6. The maximum atomic E-state index is 13.4. The van der Waals surface area contributed by atoms with Crippen molar-refractivity contribution in [2.24, 2.45) is 16.7 Å². The highest BCUT2D eigenvalue weighted by molar-refractivity contribution is 6.17. The molecule has 2 unspecified atom stereocenters. The molecule has 2 aliphatic rings. The number of carbonyl (C=O) groups is 5.